The normalized spacial score (nSPS) is 10.7. The molecule has 0 fully saturated rings. The molecule has 6 heteroatoms. The van der Waals surface area contributed by atoms with Gasteiger partial charge in [-0.2, -0.15) is 5.10 Å². The van der Waals surface area contributed by atoms with Gasteiger partial charge in [0.25, 0.3) is 5.91 Å². The molecule has 0 saturated heterocycles. The summed E-state index contributed by atoms with van der Waals surface area (Å²) in [6.07, 6.45) is 4.07. The Balaban J connectivity index is 1.84. The molecular weight excluding hydrogens is 254 g/mol. The van der Waals surface area contributed by atoms with E-state index in [0.717, 1.165) is 17.6 Å². The number of amides is 1. The van der Waals surface area contributed by atoms with Gasteiger partial charge in [0.15, 0.2) is 5.82 Å². The largest absolute Gasteiger partial charge is 0.305 e. The Morgan fingerprint density at radius 1 is 1.20 bits per heavy atom. The van der Waals surface area contributed by atoms with Crippen LogP contribution < -0.4 is 5.32 Å². The van der Waals surface area contributed by atoms with Gasteiger partial charge in [0.05, 0.1) is 11.0 Å². The van der Waals surface area contributed by atoms with Gasteiger partial charge in [0.1, 0.15) is 0 Å². The van der Waals surface area contributed by atoms with Gasteiger partial charge >= 0.3 is 0 Å². The molecule has 20 heavy (non-hydrogen) atoms. The minimum atomic E-state index is -0.216. The van der Waals surface area contributed by atoms with Crippen molar-refractivity contribution < 1.29 is 4.79 Å². The molecule has 0 aliphatic heterocycles. The lowest BCUT2D eigenvalue weighted by atomic mass is 10.2. The number of H-pyrrole nitrogens is 1. The molecule has 0 aliphatic rings. The highest BCUT2D eigenvalue weighted by Crippen LogP contribution is 2.13. The highest BCUT2D eigenvalue weighted by atomic mass is 16.1. The maximum atomic E-state index is 12.1. The standard InChI is InChI=1S/C14H13N5O/c1-2-10-8-13(19-18-10)17-14(20)9-3-4-11-12(7-9)16-6-5-15-11/h3-8H,2H2,1H3,(H2,17,18,19,20). The second kappa shape index (κ2) is 5.08. The molecule has 0 unspecified atom stereocenters. The lowest BCUT2D eigenvalue weighted by Crippen LogP contribution is -2.12. The lowest BCUT2D eigenvalue weighted by molar-refractivity contribution is 0.102. The van der Waals surface area contributed by atoms with Crippen LogP contribution in [-0.4, -0.2) is 26.1 Å². The molecule has 3 rings (SSSR count). The van der Waals surface area contributed by atoms with Crippen LogP contribution >= 0.6 is 0 Å². The summed E-state index contributed by atoms with van der Waals surface area (Å²) in [5.74, 6) is 0.304. The van der Waals surface area contributed by atoms with Crippen molar-refractivity contribution >= 4 is 22.8 Å². The van der Waals surface area contributed by atoms with Crippen molar-refractivity contribution in [2.24, 2.45) is 0 Å². The van der Waals surface area contributed by atoms with Crippen molar-refractivity contribution in [3.05, 3.63) is 47.9 Å². The SMILES string of the molecule is CCc1cc(NC(=O)c2ccc3nccnc3c2)n[nH]1. The fraction of sp³-hybridized carbons (Fsp3) is 0.143. The summed E-state index contributed by atoms with van der Waals surface area (Å²) in [5, 5.41) is 9.63. The highest BCUT2D eigenvalue weighted by Gasteiger charge is 2.09. The van der Waals surface area contributed by atoms with Crippen molar-refractivity contribution in [1.82, 2.24) is 20.2 Å². The van der Waals surface area contributed by atoms with Gasteiger partial charge in [0.2, 0.25) is 0 Å². The van der Waals surface area contributed by atoms with Crippen molar-refractivity contribution in [3.8, 4) is 0 Å². The lowest BCUT2D eigenvalue weighted by Gasteiger charge is -2.02. The second-order valence-electron chi connectivity index (χ2n) is 4.35. The zero-order valence-corrected chi connectivity index (χ0v) is 10.9. The number of aryl methyl sites for hydroxylation is 1. The molecule has 0 atom stereocenters. The number of hydrogen-bond acceptors (Lipinski definition) is 4. The number of benzene rings is 1. The van der Waals surface area contributed by atoms with E-state index in [0.29, 0.717) is 16.9 Å². The van der Waals surface area contributed by atoms with Gasteiger partial charge in [-0.1, -0.05) is 6.92 Å². The Bertz CT molecular complexity index is 765. The average molecular weight is 267 g/mol. The maximum absolute atomic E-state index is 12.1. The van der Waals surface area contributed by atoms with Crippen LogP contribution in [0.15, 0.2) is 36.7 Å². The van der Waals surface area contributed by atoms with E-state index in [1.54, 1.807) is 30.6 Å². The number of rotatable bonds is 3. The molecule has 6 nitrogen and oxygen atoms in total. The Hall–Kier alpha value is -2.76. The van der Waals surface area contributed by atoms with Crippen LogP contribution in [0.3, 0.4) is 0 Å². The average Bonchev–Trinajstić information content (AvgIpc) is 2.94. The predicted molar refractivity (Wildman–Crippen MR) is 75.5 cm³/mol. The van der Waals surface area contributed by atoms with E-state index in [1.165, 1.54) is 0 Å². The van der Waals surface area contributed by atoms with Gasteiger partial charge < -0.3 is 5.32 Å². The first-order chi connectivity index (χ1) is 9.76. The summed E-state index contributed by atoms with van der Waals surface area (Å²) >= 11 is 0. The predicted octanol–water partition coefficient (Wildman–Crippen LogP) is 2.17. The molecular formula is C14H13N5O. The molecule has 2 heterocycles. The van der Waals surface area contributed by atoms with Crippen LogP contribution in [0.1, 0.15) is 23.0 Å². The van der Waals surface area contributed by atoms with Crippen LogP contribution in [0.5, 0.6) is 0 Å². The first kappa shape index (κ1) is 12.3. The molecule has 2 N–H and O–H groups in total. The number of nitrogens with one attached hydrogen (secondary N) is 2. The first-order valence-corrected chi connectivity index (χ1v) is 6.32. The van der Waals surface area contributed by atoms with Gasteiger partial charge in [-0.25, -0.2) is 0 Å². The molecule has 0 bridgehead atoms. The van der Waals surface area contributed by atoms with E-state index in [-0.39, 0.29) is 5.91 Å². The Labute approximate surface area is 115 Å². The molecule has 100 valence electrons. The number of fused-ring (bicyclic) bond motifs is 1. The first-order valence-electron chi connectivity index (χ1n) is 6.32. The molecule has 1 aromatic carbocycles. The molecule has 1 amide bonds. The summed E-state index contributed by atoms with van der Waals surface area (Å²) in [7, 11) is 0. The van der Waals surface area contributed by atoms with E-state index in [1.807, 2.05) is 13.0 Å². The van der Waals surface area contributed by atoms with Gasteiger partial charge in [0, 0.05) is 29.7 Å². The summed E-state index contributed by atoms with van der Waals surface area (Å²) in [6, 6.07) is 7.03. The fourth-order valence-electron chi connectivity index (χ4n) is 1.90. The van der Waals surface area contributed by atoms with E-state index in [4.69, 9.17) is 0 Å². The van der Waals surface area contributed by atoms with Crippen molar-refractivity contribution in [1.29, 1.82) is 0 Å². The van der Waals surface area contributed by atoms with Crippen LogP contribution in [0, 0.1) is 0 Å². The van der Waals surface area contributed by atoms with E-state index in [9.17, 15) is 4.79 Å². The topological polar surface area (TPSA) is 83.6 Å². The number of anilines is 1. The van der Waals surface area contributed by atoms with E-state index < -0.39 is 0 Å². The molecule has 2 aromatic heterocycles. The zero-order chi connectivity index (χ0) is 13.9. The Morgan fingerprint density at radius 3 is 2.75 bits per heavy atom. The van der Waals surface area contributed by atoms with Gasteiger partial charge in [-0.15, -0.1) is 0 Å². The third kappa shape index (κ3) is 2.35. The van der Waals surface area contributed by atoms with Crippen molar-refractivity contribution in [2.45, 2.75) is 13.3 Å². The van der Waals surface area contributed by atoms with Crippen LogP contribution in [-0.2, 0) is 6.42 Å². The summed E-state index contributed by atoms with van der Waals surface area (Å²) in [6.45, 7) is 2.01. The molecule has 3 aromatic rings. The number of aromatic amines is 1. The highest BCUT2D eigenvalue weighted by molar-refractivity contribution is 6.05. The third-order valence-corrected chi connectivity index (χ3v) is 2.98. The second-order valence-corrected chi connectivity index (χ2v) is 4.35. The van der Waals surface area contributed by atoms with Crippen molar-refractivity contribution in [3.63, 3.8) is 0 Å². The van der Waals surface area contributed by atoms with Crippen molar-refractivity contribution in [2.75, 3.05) is 5.32 Å². The van der Waals surface area contributed by atoms with E-state index >= 15 is 0 Å². The van der Waals surface area contributed by atoms with E-state index in [2.05, 4.69) is 25.5 Å². The Kier molecular flexibility index (Phi) is 3.12. The number of aromatic nitrogens is 4. The fourth-order valence-corrected chi connectivity index (χ4v) is 1.90. The summed E-state index contributed by atoms with van der Waals surface area (Å²) in [4.78, 5) is 20.5. The molecule has 0 spiro atoms. The molecule has 0 radical (unpaired) electrons. The minimum Gasteiger partial charge on any atom is -0.305 e. The Morgan fingerprint density at radius 2 is 2.00 bits per heavy atom. The smallest absolute Gasteiger partial charge is 0.256 e. The molecule has 0 aliphatic carbocycles. The van der Waals surface area contributed by atoms with Crippen LogP contribution in [0.25, 0.3) is 11.0 Å². The summed E-state index contributed by atoms with van der Waals surface area (Å²) < 4.78 is 0. The minimum absolute atomic E-state index is 0.216. The van der Waals surface area contributed by atoms with Gasteiger partial charge in [-0.3, -0.25) is 19.9 Å². The number of carbonyl (C=O) groups is 1. The van der Waals surface area contributed by atoms with Gasteiger partial charge in [-0.05, 0) is 24.6 Å². The number of hydrogen-bond donors (Lipinski definition) is 2. The summed E-state index contributed by atoms with van der Waals surface area (Å²) in [5.41, 5.74) is 2.96. The molecule has 0 saturated carbocycles. The van der Waals surface area contributed by atoms with Crippen LogP contribution in [0.4, 0.5) is 5.82 Å². The monoisotopic (exact) mass is 267 g/mol. The number of carbonyl (C=O) groups excluding carboxylic acids is 1. The maximum Gasteiger partial charge on any atom is 0.256 e. The third-order valence-electron chi connectivity index (χ3n) is 2.98. The van der Waals surface area contributed by atoms with Crippen LogP contribution in [0.2, 0.25) is 0 Å². The number of nitrogens with zero attached hydrogens (tertiary/aromatic N) is 3. The quantitative estimate of drug-likeness (QED) is 0.761. The zero-order valence-electron chi connectivity index (χ0n) is 10.9.